The standard InChI is InChI=1S/C9H11F2O6S.Al.2H/c10-9(11,18(14,15)16)5-17-8(13)6-1-3-7(12)4-2-6;;;/h5-6H,1-4H2,(H,14,15,16);;;. The molecule has 1 unspecified atom stereocenters. The molecule has 1 atom stereocenters. The van der Waals surface area contributed by atoms with Gasteiger partial charge in [0.05, 0.1) is 5.92 Å². The number of alkyl halides is 2. The van der Waals surface area contributed by atoms with Crippen LogP contribution in [-0.2, 0) is 24.4 Å². The summed E-state index contributed by atoms with van der Waals surface area (Å²) in [6, 6.07) is 0. The topological polar surface area (TPSA) is 97.7 Å². The van der Waals surface area contributed by atoms with Gasteiger partial charge in [0.1, 0.15) is 10.7 Å². The van der Waals surface area contributed by atoms with Gasteiger partial charge in [0.15, 0.2) is 0 Å². The molecule has 0 aliphatic heterocycles. The Morgan fingerprint density at radius 1 is 1.42 bits per heavy atom. The van der Waals surface area contributed by atoms with Gasteiger partial charge in [-0.2, -0.15) is 17.2 Å². The lowest BCUT2D eigenvalue weighted by Gasteiger charge is -2.25. The zero-order valence-corrected chi connectivity index (χ0v) is 13.0. The van der Waals surface area contributed by atoms with E-state index in [1.165, 1.54) is 0 Å². The minimum absolute atomic E-state index is 0.00487. The molecule has 0 aromatic rings. The molecule has 1 saturated carbocycles. The van der Waals surface area contributed by atoms with Crippen LogP contribution in [0.4, 0.5) is 8.78 Å². The summed E-state index contributed by atoms with van der Waals surface area (Å²) in [6.45, 7) is 0. The maximum absolute atomic E-state index is 13.2. The van der Waals surface area contributed by atoms with Crippen LogP contribution in [0.25, 0.3) is 0 Å². The quantitative estimate of drug-likeness (QED) is 0.436. The van der Waals surface area contributed by atoms with Gasteiger partial charge in [-0.25, -0.2) is 0 Å². The summed E-state index contributed by atoms with van der Waals surface area (Å²) in [6.07, 6.45) is 0.785. The van der Waals surface area contributed by atoms with Crippen LogP contribution < -0.4 is 0 Å². The van der Waals surface area contributed by atoms with E-state index in [0.29, 0.717) is 0 Å². The predicted molar refractivity (Wildman–Crippen MR) is 61.9 cm³/mol. The second kappa shape index (κ2) is 5.83. The fourth-order valence-electron chi connectivity index (χ4n) is 1.72. The fourth-order valence-corrected chi connectivity index (χ4v) is 3.32. The third kappa shape index (κ3) is 3.95. The molecule has 1 rings (SSSR count). The van der Waals surface area contributed by atoms with E-state index in [1.54, 1.807) is 0 Å². The van der Waals surface area contributed by atoms with Crippen molar-refractivity contribution in [2.45, 2.75) is 35.9 Å². The molecule has 0 aromatic heterocycles. The van der Waals surface area contributed by atoms with Crippen LogP contribution in [0, 0.1) is 5.92 Å². The third-order valence-electron chi connectivity index (χ3n) is 2.99. The van der Waals surface area contributed by atoms with Gasteiger partial charge in [-0.05, 0) is 12.8 Å². The highest BCUT2D eigenvalue weighted by atomic mass is 32.2. The zero-order valence-electron chi connectivity index (χ0n) is 10.1. The number of carbonyl (C=O) groups is 2. The minimum atomic E-state index is -5.62. The van der Waals surface area contributed by atoms with E-state index in [2.05, 4.69) is 4.74 Å². The molecule has 10 heteroatoms. The summed E-state index contributed by atoms with van der Waals surface area (Å²) in [5.74, 6) is -1.63. The Morgan fingerprint density at radius 2 is 1.89 bits per heavy atom. The van der Waals surface area contributed by atoms with Crippen LogP contribution in [-0.4, -0.2) is 51.2 Å². The second-order valence-electron chi connectivity index (χ2n) is 4.43. The van der Waals surface area contributed by atoms with E-state index >= 15 is 0 Å². The molecule has 0 spiro atoms. The molecule has 0 radical (unpaired) electrons. The summed E-state index contributed by atoms with van der Waals surface area (Å²) in [7, 11) is -5.62. The minimum Gasteiger partial charge on any atom is -0.472 e. The van der Waals surface area contributed by atoms with Gasteiger partial charge in [0, 0.05) is 12.8 Å². The number of Topliss-reactive ketones (excluding diaryl/α,β-unsaturated/α-hetero) is 1. The molecule has 1 aliphatic rings. The number of ether oxygens (including phenoxy) is 1. The fraction of sp³-hybridized carbons (Fsp3) is 0.778. The number of hydrogen-bond donors (Lipinski definition) is 1. The van der Waals surface area contributed by atoms with Crippen LogP contribution in [0.1, 0.15) is 25.7 Å². The average molecular weight is 314 g/mol. The maximum atomic E-state index is 13.2. The van der Waals surface area contributed by atoms with Crippen molar-refractivity contribution in [2.75, 3.05) is 0 Å². The van der Waals surface area contributed by atoms with Crippen molar-refractivity contribution in [3.63, 3.8) is 0 Å². The van der Waals surface area contributed by atoms with Crippen LogP contribution in [0.15, 0.2) is 0 Å². The lowest BCUT2D eigenvalue weighted by atomic mass is 9.88. The van der Waals surface area contributed by atoms with Crippen molar-refractivity contribution in [1.29, 1.82) is 0 Å². The van der Waals surface area contributed by atoms with Crippen LogP contribution in [0.2, 0.25) is 0 Å². The molecule has 108 valence electrons. The molecule has 19 heavy (non-hydrogen) atoms. The summed E-state index contributed by atoms with van der Waals surface area (Å²) in [5, 5.41) is -4.50. The van der Waals surface area contributed by atoms with Gasteiger partial charge >= 0.3 is 21.3 Å². The van der Waals surface area contributed by atoms with Gasteiger partial charge < -0.3 is 4.74 Å². The smallest absolute Gasteiger partial charge is 0.391 e. The first-order chi connectivity index (χ1) is 8.55. The summed E-state index contributed by atoms with van der Waals surface area (Å²) in [4.78, 5) is 20.4. The molecule has 6 nitrogen and oxygen atoms in total. The van der Waals surface area contributed by atoms with E-state index in [9.17, 15) is 26.8 Å². The Kier molecular flexibility index (Phi) is 5.06. The highest BCUT2D eigenvalue weighted by molar-refractivity contribution is 7.87. The molecule has 0 aromatic carbocycles. The molecule has 1 fully saturated rings. The van der Waals surface area contributed by atoms with Crippen molar-refractivity contribution < 1.29 is 36.1 Å². The Labute approximate surface area is 116 Å². The van der Waals surface area contributed by atoms with Gasteiger partial charge in [0.25, 0.3) is 16.3 Å². The summed E-state index contributed by atoms with van der Waals surface area (Å²) >= 11 is -0.457. The van der Waals surface area contributed by atoms with Crippen molar-refractivity contribution in [1.82, 2.24) is 0 Å². The number of halogens is 2. The molecule has 0 heterocycles. The maximum Gasteiger partial charge on any atom is 0.391 e. The van der Waals surface area contributed by atoms with Gasteiger partial charge in [0.2, 0.25) is 0 Å². The first-order valence-corrected chi connectivity index (χ1v) is 8.22. The summed E-state index contributed by atoms with van der Waals surface area (Å²) < 4.78 is 60.2. The Bertz CT molecular complexity index is 467. The molecular formula is C9H13AlF2O6S. The first kappa shape index (κ1) is 16.5. The number of ketones is 1. The molecule has 1 N–H and O–H groups in total. The van der Waals surface area contributed by atoms with E-state index in [1.807, 2.05) is 0 Å². The number of hydrogen-bond acceptors (Lipinski definition) is 5. The predicted octanol–water partition coefficient (Wildman–Crippen LogP) is -0.271. The molecule has 1 aliphatic carbocycles. The Balaban J connectivity index is 2.64. The Morgan fingerprint density at radius 3 is 2.32 bits per heavy atom. The largest absolute Gasteiger partial charge is 0.472 e. The van der Waals surface area contributed by atoms with Gasteiger partial charge in [-0.15, -0.1) is 0 Å². The SMILES string of the molecule is O=C1CCC(C(=O)O[CH]([AlH2])C(F)(F)S(=O)(=O)O)CC1. The van der Waals surface area contributed by atoms with E-state index in [4.69, 9.17) is 4.55 Å². The van der Waals surface area contributed by atoms with Gasteiger partial charge in [-0.1, -0.05) is 0 Å². The monoisotopic (exact) mass is 314 g/mol. The van der Waals surface area contributed by atoms with Crippen LogP contribution >= 0.6 is 0 Å². The lowest BCUT2D eigenvalue weighted by Crippen LogP contribution is -2.45. The highest BCUT2D eigenvalue weighted by Crippen LogP contribution is 2.28. The third-order valence-corrected chi connectivity index (χ3v) is 5.39. The Hall–Kier alpha value is -0.558. The van der Waals surface area contributed by atoms with E-state index in [-0.39, 0.29) is 31.5 Å². The van der Waals surface area contributed by atoms with E-state index < -0.39 is 48.5 Å². The van der Waals surface area contributed by atoms with Gasteiger partial charge in [-0.3, -0.25) is 14.1 Å². The first-order valence-electron chi connectivity index (χ1n) is 5.62. The summed E-state index contributed by atoms with van der Waals surface area (Å²) in [5.41, 5.74) is 0. The highest BCUT2D eigenvalue weighted by Gasteiger charge is 2.51. The van der Waals surface area contributed by atoms with E-state index in [0.717, 1.165) is 0 Å². The molecular weight excluding hydrogens is 301 g/mol. The lowest BCUT2D eigenvalue weighted by molar-refractivity contribution is -0.159. The molecule has 0 amide bonds. The zero-order chi connectivity index (χ0) is 14.8. The molecule has 0 bridgehead atoms. The molecule has 0 saturated heterocycles. The van der Waals surface area contributed by atoms with Crippen molar-refractivity contribution in [2.24, 2.45) is 5.92 Å². The van der Waals surface area contributed by atoms with Crippen molar-refractivity contribution >= 4 is 38.2 Å². The average Bonchev–Trinajstić information content (AvgIpc) is 2.28. The normalized spacial score (nSPS) is 20.1. The van der Waals surface area contributed by atoms with Crippen molar-refractivity contribution in [3.8, 4) is 0 Å². The number of esters is 1. The van der Waals surface area contributed by atoms with Crippen LogP contribution in [0.5, 0.6) is 0 Å². The number of carbonyl (C=O) groups excluding carboxylic acids is 2. The van der Waals surface area contributed by atoms with Crippen molar-refractivity contribution in [3.05, 3.63) is 0 Å². The number of rotatable bonds is 4. The second-order valence-corrected chi connectivity index (χ2v) is 6.97. The van der Waals surface area contributed by atoms with Crippen LogP contribution in [0.3, 0.4) is 0 Å².